The quantitative estimate of drug-likeness (QED) is 0.646. The third-order valence-electron chi connectivity index (χ3n) is 5.87. The highest BCUT2D eigenvalue weighted by Crippen LogP contribution is 2.33. The molecule has 1 atom stereocenters. The Morgan fingerprint density at radius 1 is 1.19 bits per heavy atom. The van der Waals surface area contributed by atoms with Gasteiger partial charge in [-0.15, -0.1) is 12.4 Å². The molecule has 3 N–H and O–H groups in total. The second-order valence-electron chi connectivity index (χ2n) is 8.34. The van der Waals surface area contributed by atoms with Crippen LogP contribution in [0.15, 0.2) is 82.8 Å². The molecular formula is C24H28ClN5O2. The van der Waals surface area contributed by atoms with Gasteiger partial charge in [-0.2, -0.15) is 0 Å². The number of hydrogen-bond acceptors (Lipinski definition) is 6. The first kappa shape index (κ1) is 22.0. The Morgan fingerprint density at radius 3 is 2.75 bits per heavy atom. The number of hydrogen-bond donors (Lipinski definition) is 3. The zero-order valence-electron chi connectivity index (χ0n) is 18.2. The number of halogens is 1. The van der Waals surface area contributed by atoms with E-state index in [-0.39, 0.29) is 18.0 Å². The summed E-state index contributed by atoms with van der Waals surface area (Å²) in [6, 6.07) is 13.7. The Labute approximate surface area is 193 Å². The minimum Gasteiger partial charge on any atom is -0.489 e. The van der Waals surface area contributed by atoms with Crippen molar-refractivity contribution in [2.75, 3.05) is 6.54 Å². The number of rotatable bonds is 5. The van der Waals surface area contributed by atoms with Gasteiger partial charge in [0.25, 0.3) is 5.56 Å². The van der Waals surface area contributed by atoms with E-state index in [1.807, 2.05) is 42.6 Å². The van der Waals surface area contributed by atoms with Crippen LogP contribution >= 0.6 is 12.4 Å². The Kier molecular flexibility index (Phi) is 6.30. The van der Waals surface area contributed by atoms with Gasteiger partial charge in [-0.1, -0.05) is 36.4 Å². The largest absolute Gasteiger partial charge is 0.489 e. The molecule has 0 saturated carbocycles. The zero-order chi connectivity index (χ0) is 21.4. The van der Waals surface area contributed by atoms with Gasteiger partial charge in [-0.3, -0.25) is 9.36 Å². The number of hydrazine groups is 1. The minimum absolute atomic E-state index is 0. The number of pyridine rings is 1. The van der Waals surface area contributed by atoms with Crippen LogP contribution in [0.25, 0.3) is 5.82 Å². The number of benzene rings is 1. The standard InChI is InChI=1S/C24H27N5O2.ClH/c1-16(2)29-14-18-8-9-20-24(23(18)27-29)26-21(13-25-20)28-11-10-19(12-22(28)30)31-15-17-6-4-3-5-7-17;/h3-7,9-13,16,18,25-27H,8,14-15H2,1-2H3;1H. The van der Waals surface area contributed by atoms with E-state index in [4.69, 9.17) is 4.74 Å². The summed E-state index contributed by atoms with van der Waals surface area (Å²) < 4.78 is 7.38. The van der Waals surface area contributed by atoms with Crippen LogP contribution in [-0.2, 0) is 6.61 Å². The first-order valence-corrected chi connectivity index (χ1v) is 10.7. The van der Waals surface area contributed by atoms with Gasteiger partial charge >= 0.3 is 0 Å². The van der Waals surface area contributed by atoms with Crippen LogP contribution in [0.3, 0.4) is 0 Å². The molecule has 5 rings (SSSR count). The molecule has 1 fully saturated rings. The molecular weight excluding hydrogens is 426 g/mol. The maximum atomic E-state index is 12.8. The monoisotopic (exact) mass is 453 g/mol. The first-order chi connectivity index (χ1) is 15.1. The van der Waals surface area contributed by atoms with E-state index in [0.717, 1.165) is 29.9 Å². The van der Waals surface area contributed by atoms with Crippen molar-refractivity contribution in [1.29, 1.82) is 0 Å². The first-order valence-electron chi connectivity index (χ1n) is 10.7. The molecule has 3 aliphatic rings. The molecule has 168 valence electrons. The van der Waals surface area contributed by atoms with Gasteiger partial charge in [-0.25, -0.2) is 5.01 Å². The van der Waals surface area contributed by atoms with Crippen molar-refractivity contribution in [3.8, 4) is 5.75 Å². The molecule has 7 nitrogen and oxygen atoms in total. The number of allylic oxidation sites excluding steroid dienone is 1. The molecule has 1 unspecified atom stereocenters. The SMILES string of the molecule is CC(C)N1CC2CC=C3NC=C(n4ccc(OCc5ccccc5)cc4=O)NC3=C2N1.Cl. The summed E-state index contributed by atoms with van der Waals surface area (Å²) in [6.07, 6.45) is 6.79. The zero-order valence-corrected chi connectivity index (χ0v) is 19.0. The van der Waals surface area contributed by atoms with Crippen molar-refractivity contribution in [3.63, 3.8) is 0 Å². The van der Waals surface area contributed by atoms with Crippen LogP contribution in [0.4, 0.5) is 0 Å². The summed E-state index contributed by atoms with van der Waals surface area (Å²) in [6.45, 7) is 5.77. The fourth-order valence-corrected chi connectivity index (χ4v) is 4.12. The van der Waals surface area contributed by atoms with Crippen molar-refractivity contribution in [1.82, 2.24) is 25.6 Å². The third-order valence-corrected chi connectivity index (χ3v) is 5.87. The third kappa shape index (κ3) is 4.26. The molecule has 0 amide bonds. The molecule has 0 spiro atoms. The molecule has 1 aliphatic carbocycles. The number of ether oxygens (including phenoxy) is 1. The molecule has 0 bridgehead atoms. The molecule has 1 saturated heterocycles. The van der Waals surface area contributed by atoms with Gasteiger partial charge in [0.1, 0.15) is 18.2 Å². The van der Waals surface area contributed by atoms with Crippen molar-refractivity contribution < 1.29 is 4.74 Å². The van der Waals surface area contributed by atoms with Crippen LogP contribution in [0.2, 0.25) is 0 Å². The van der Waals surface area contributed by atoms with E-state index in [0.29, 0.717) is 30.1 Å². The van der Waals surface area contributed by atoms with Gasteiger partial charge in [0.05, 0.1) is 17.1 Å². The molecule has 1 aromatic carbocycles. The number of nitrogens with one attached hydrogen (secondary N) is 3. The Balaban J connectivity index is 0.00000245. The van der Waals surface area contributed by atoms with Crippen molar-refractivity contribution in [2.45, 2.75) is 32.9 Å². The average Bonchev–Trinajstić information content (AvgIpc) is 3.24. The second-order valence-corrected chi connectivity index (χ2v) is 8.34. The maximum absolute atomic E-state index is 12.8. The molecule has 8 heteroatoms. The van der Waals surface area contributed by atoms with Crippen LogP contribution in [0.5, 0.6) is 5.75 Å². The normalized spacial score (nSPS) is 19.5. The van der Waals surface area contributed by atoms with Crippen molar-refractivity contribution >= 4 is 18.2 Å². The molecule has 0 radical (unpaired) electrons. The van der Waals surface area contributed by atoms with Gasteiger partial charge in [-0.05, 0) is 31.9 Å². The minimum atomic E-state index is -0.153. The Morgan fingerprint density at radius 2 is 2.00 bits per heavy atom. The molecule has 3 heterocycles. The average molecular weight is 454 g/mol. The molecule has 1 aromatic heterocycles. The predicted octanol–water partition coefficient (Wildman–Crippen LogP) is 3.14. The summed E-state index contributed by atoms with van der Waals surface area (Å²) in [5, 5.41) is 9.07. The highest BCUT2D eigenvalue weighted by molar-refractivity contribution is 5.85. The molecule has 2 aromatic rings. The highest BCUT2D eigenvalue weighted by Gasteiger charge is 2.35. The fourth-order valence-electron chi connectivity index (χ4n) is 4.12. The van der Waals surface area contributed by atoms with Gasteiger partial charge in [0, 0.05) is 37.0 Å². The molecule has 2 aliphatic heterocycles. The lowest BCUT2D eigenvalue weighted by atomic mass is 9.94. The van der Waals surface area contributed by atoms with E-state index in [1.54, 1.807) is 10.8 Å². The van der Waals surface area contributed by atoms with Crippen molar-refractivity contribution in [2.24, 2.45) is 5.92 Å². The topological polar surface area (TPSA) is 70.6 Å². The second kappa shape index (κ2) is 9.14. The van der Waals surface area contributed by atoms with Gasteiger partial charge in [0.2, 0.25) is 0 Å². The predicted molar refractivity (Wildman–Crippen MR) is 127 cm³/mol. The summed E-state index contributed by atoms with van der Waals surface area (Å²) in [5.74, 6) is 1.67. The number of aromatic nitrogens is 1. The van der Waals surface area contributed by atoms with E-state index < -0.39 is 0 Å². The lowest BCUT2D eigenvalue weighted by molar-refractivity contribution is 0.201. The Hall–Kier alpha value is -3.16. The van der Waals surface area contributed by atoms with E-state index >= 15 is 0 Å². The lowest BCUT2D eigenvalue weighted by Crippen LogP contribution is -2.39. The van der Waals surface area contributed by atoms with Gasteiger partial charge < -0.3 is 20.8 Å². The highest BCUT2D eigenvalue weighted by atomic mass is 35.5. The van der Waals surface area contributed by atoms with E-state index in [1.165, 1.54) is 11.8 Å². The van der Waals surface area contributed by atoms with Gasteiger partial charge in [0.15, 0.2) is 0 Å². The van der Waals surface area contributed by atoms with Crippen LogP contribution in [0, 0.1) is 5.92 Å². The summed E-state index contributed by atoms with van der Waals surface area (Å²) in [5.41, 5.74) is 7.70. The van der Waals surface area contributed by atoms with Crippen molar-refractivity contribution in [3.05, 3.63) is 93.9 Å². The summed E-state index contributed by atoms with van der Waals surface area (Å²) in [4.78, 5) is 12.8. The van der Waals surface area contributed by atoms with E-state index in [2.05, 4.69) is 41.0 Å². The van der Waals surface area contributed by atoms with Crippen LogP contribution in [-0.4, -0.2) is 22.2 Å². The van der Waals surface area contributed by atoms with E-state index in [9.17, 15) is 4.79 Å². The smallest absolute Gasteiger partial charge is 0.259 e. The summed E-state index contributed by atoms with van der Waals surface area (Å²) in [7, 11) is 0. The molecule has 32 heavy (non-hydrogen) atoms. The maximum Gasteiger partial charge on any atom is 0.259 e. The summed E-state index contributed by atoms with van der Waals surface area (Å²) >= 11 is 0. The fraction of sp³-hybridized carbons (Fsp3) is 0.292. The number of nitrogens with zero attached hydrogens (tertiary/aromatic N) is 2. The van der Waals surface area contributed by atoms with Crippen LogP contribution in [0.1, 0.15) is 25.8 Å². The number of fused-ring (bicyclic) bond motifs is 2. The van der Waals surface area contributed by atoms with Crippen LogP contribution < -0.4 is 26.4 Å². The lowest BCUT2D eigenvalue weighted by Gasteiger charge is -2.29. The Bertz CT molecular complexity index is 1140.